The largest absolute Gasteiger partial charge is 0.449 e. The van der Waals surface area contributed by atoms with Crippen molar-refractivity contribution >= 4 is 11.9 Å². The number of rotatable bonds is 4. The molecular formula is C19H23N3O3. The maximum absolute atomic E-state index is 12.5. The van der Waals surface area contributed by atoms with Gasteiger partial charge < -0.3 is 9.64 Å². The summed E-state index contributed by atoms with van der Waals surface area (Å²) in [6.07, 6.45) is 6.60. The number of esters is 1. The molecule has 1 aromatic carbocycles. The van der Waals surface area contributed by atoms with E-state index in [0.29, 0.717) is 5.56 Å². The number of hydrogen-bond acceptors (Lipinski definition) is 4. The van der Waals surface area contributed by atoms with Crippen molar-refractivity contribution in [2.24, 2.45) is 0 Å². The van der Waals surface area contributed by atoms with E-state index in [-0.39, 0.29) is 5.91 Å². The molecule has 132 valence electrons. The summed E-state index contributed by atoms with van der Waals surface area (Å²) >= 11 is 0. The van der Waals surface area contributed by atoms with Crippen molar-refractivity contribution < 1.29 is 14.3 Å². The highest BCUT2D eigenvalue weighted by Gasteiger charge is 2.25. The number of amides is 1. The molecule has 6 heteroatoms. The number of likely N-dealkylation sites (tertiary alicyclic amines) is 1. The molecule has 3 rings (SSSR count). The molecule has 0 saturated carbocycles. The molecule has 25 heavy (non-hydrogen) atoms. The summed E-state index contributed by atoms with van der Waals surface area (Å²) in [4.78, 5) is 26.6. The molecule has 1 aromatic heterocycles. The average molecular weight is 341 g/mol. The lowest BCUT2D eigenvalue weighted by Crippen LogP contribution is -2.40. The van der Waals surface area contributed by atoms with E-state index in [1.807, 2.05) is 30.3 Å². The van der Waals surface area contributed by atoms with Crippen LogP contribution in [0.5, 0.6) is 0 Å². The van der Waals surface area contributed by atoms with Gasteiger partial charge in [0.25, 0.3) is 5.91 Å². The van der Waals surface area contributed by atoms with Crippen LogP contribution in [0.2, 0.25) is 0 Å². The Bertz CT molecular complexity index is 719. The van der Waals surface area contributed by atoms with E-state index in [1.165, 1.54) is 6.20 Å². The SMILES string of the molecule is CC(OC(=O)c1cnn(-c2ccccc2)c1)C(=O)N1CCCCCC1. The predicted octanol–water partition coefficient (Wildman–Crippen LogP) is 2.82. The van der Waals surface area contributed by atoms with Gasteiger partial charge in [-0.15, -0.1) is 0 Å². The van der Waals surface area contributed by atoms with Crippen LogP contribution in [-0.2, 0) is 9.53 Å². The molecule has 1 saturated heterocycles. The fourth-order valence-corrected chi connectivity index (χ4v) is 2.98. The number of aromatic nitrogens is 2. The molecule has 0 bridgehead atoms. The minimum Gasteiger partial charge on any atom is -0.449 e. The van der Waals surface area contributed by atoms with Crippen LogP contribution < -0.4 is 0 Å². The van der Waals surface area contributed by atoms with Crippen LogP contribution >= 0.6 is 0 Å². The highest BCUT2D eigenvalue weighted by Crippen LogP contribution is 2.13. The van der Waals surface area contributed by atoms with E-state index in [2.05, 4.69) is 5.10 Å². The number of para-hydroxylation sites is 1. The zero-order valence-electron chi connectivity index (χ0n) is 14.4. The Kier molecular flexibility index (Phi) is 5.48. The van der Waals surface area contributed by atoms with Crippen molar-refractivity contribution in [2.75, 3.05) is 13.1 Å². The molecule has 1 amide bonds. The van der Waals surface area contributed by atoms with Gasteiger partial charge >= 0.3 is 5.97 Å². The van der Waals surface area contributed by atoms with Gasteiger partial charge in [0, 0.05) is 19.3 Å². The smallest absolute Gasteiger partial charge is 0.342 e. The van der Waals surface area contributed by atoms with E-state index >= 15 is 0 Å². The van der Waals surface area contributed by atoms with Gasteiger partial charge in [0.2, 0.25) is 0 Å². The van der Waals surface area contributed by atoms with Crippen LogP contribution in [0.3, 0.4) is 0 Å². The topological polar surface area (TPSA) is 64.4 Å². The molecule has 1 fully saturated rings. The van der Waals surface area contributed by atoms with E-state index in [9.17, 15) is 9.59 Å². The average Bonchev–Trinajstić information content (AvgIpc) is 2.98. The first-order chi connectivity index (χ1) is 12.1. The second-order valence-corrected chi connectivity index (χ2v) is 6.30. The third kappa shape index (κ3) is 4.26. The van der Waals surface area contributed by atoms with E-state index in [4.69, 9.17) is 4.74 Å². The molecule has 0 aliphatic carbocycles. The Morgan fingerprint density at radius 2 is 1.76 bits per heavy atom. The Hall–Kier alpha value is -2.63. The van der Waals surface area contributed by atoms with Crippen molar-refractivity contribution in [3.63, 3.8) is 0 Å². The van der Waals surface area contributed by atoms with Gasteiger partial charge in [-0.3, -0.25) is 4.79 Å². The molecule has 1 aliphatic heterocycles. The lowest BCUT2D eigenvalue weighted by molar-refractivity contribution is -0.139. The van der Waals surface area contributed by atoms with Gasteiger partial charge in [-0.1, -0.05) is 31.0 Å². The molecule has 0 radical (unpaired) electrons. The maximum Gasteiger partial charge on any atom is 0.342 e. The normalized spacial score (nSPS) is 16.1. The van der Waals surface area contributed by atoms with E-state index in [0.717, 1.165) is 44.5 Å². The van der Waals surface area contributed by atoms with Gasteiger partial charge in [0.15, 0.2) is 6.10 Å². The number of ether oxygens (including phenoxy) is 1. The third-order valence-corrected chi connectivity index (χ3v) is 4.39. The summed E-state index contributed by atoms with van der Waals surface area (Å²) in [5.41, 5.74) is 1.19. The zero-order chi connectivity index (χ0) is 17.6. The molecule has 1 unspecified atom stereocenters. The first kappa shape index (κ1) is 17.2. The third-order valence-electron chi connectivity index (χ3n) is 4.39. The van der Waals surface area contributed by atoms with Gasteiger partial charge in [-0.05, 0) is 31.9 Å². The molecule has 0 N–H and O–H groups in total. The lowest BCUT2D eigenvalue weighted by Gasteiger charge is -2.23. The fraction of sp³-hybridized carbons (Fsp3) is 0.421. The second-order valence-electron chi connectivity index (χ2n) is 6.30. The fourth-order valence-electron chi connectivity index (χ4n) is 2.98. The van der Waals surface area contributed by atoms with E-state index < -0.39 is 12.1 Å². The summed E-state index contributed by atoms with van der Waals surface area (Å²) < 4.78 is 6.97. The highest BCUT2D eigenvalue weighted by atomic mass is 16.5. The van der Waals surface area contributed by atoms with Crippen molar-refractivity contribution in [2.45, 2.75) is 38.7 Å². The molecule has 2 heterocycles. The van der Waals surface area contributed by atoms with Crippen LogP contribution in [0.4, 0.5) is 0 Å². The van der Waals surface area contributed by atoms with Crippen molar-refractivity contribution in [3.05, 3.63) is 48.3 Å². The minimum absolute atomic E-state index is 0.120. The summed E-state index contributed by atoms with van der Waals surface area (Å²) in [6.45, 7) is 3.12. The number of benzene rings is 1. The molecule has 1 aliphatic rings. The van der Waals surface area contributed by atoms with Gasteiger partial charge in [0.05, 0.1) is 17.4 Å². The second kappa shape index (κ2) is 7.96. The number of carbonyl (C=O) groups is 2. The van der Waals surface area contributed by atoms with Crippen LogP contribution in [0.15, 0.2) is 42.7 Å². The monoisotopic (exact) mass is 341 g/mol. The van der Waals surface area contributed by atoms with Crippen molar-refractivity contribution in [1.82, 2.24) is 14.7 Å². The van der Waals surface area contributed by atoms with Crippen LogP contribution in [-0.4, -0.2) is 45.8 Å². The first-order valence-electron chi connectivity index (χ1n) is 8.75. The highest BCUT2D eigenvalue weighted by molar-refractivity contribution is 5.91. The van der Waals surface area contributed by atoms with Crippen molar-refractivity contribution in [1.29, 1.82) is 0 Å². The molecule has 1 atom stereocenters. The van der Waals surface area contributed by atoms with Gasteiger partial charge in [-0.25, -0.2) is 9.48 Å². The Balaban J connectivity index is 1.61. The van der Waals surface area contributed by atoms with Crippen LogP contribution in [0, 0.1) is 0 Å². The van der Waals surface area contributed by atoms with E-state index in [1.54, 1.807) is 22.7 Å². The summed E-state index contributed by atoms with van der Waals surface area (Å²) in [5.74, 6) is -0.649. The number of nitrogens with zero attached hydrogens (tertiary/aromatic N) is 3. The molecule has 2 aromatic rings. The van der Waals surface area contributed by atoms with Crippen LogP contribution in [0.1, 0.15) is 43.0 Å². The van der Waals surface area contributed by atoms with Gasteiger partial charge in [0.1, 0.15) is 0 Å². The van der Waals surface area contributed by atoms with Crippen molar-refractivity contribution in [3.8, 4) is 5.69 Å². The first-order valence-corrected chi connectivity index (χ1v) is 8.75. The maximum atomic E-state index is 12.5. The Morgan fingerprint density at radius 3 is 2.44 bits per heavy atom. The number of carbonyl (C=O) groups excluding carboxylic acids is 2. The number of hydrogen-bond donors (Lipinski definition) is 0. The molecule has 6 nitrogen and oxygen atoms in total. The van der Waals surface area contributed by atoms with Gasteiger partial charge in [-0.2, -0.15) is 5.10 Å². The lowest BCUT2D eigenvalue weighted by atomic mass is 10.2. The van der Waals surface area contributed by atoms with Crippen LogP contribution in [0.25, 0.3) is 5.69 Å². The summed E-state index contributed by atoms with van der Waals surface area (Å²) in [5, 5.41) is 4.18. The Morgan fingerprint density at radius 1 is 1.08 bits per heavy atom. The zero-order valence-corrected chi connectivity index (χ0v) is 14.4. The summed E-state index contributed by atoms with van der Waals surface area (Å²) in [6, 6.07) is 9.51. The summed E-state index contributed by atoms with van der Waals surface area (Å²) in [7, 11) is 0. The standard InChI is InChI=1S/C19H23N3O3/c1-15(18(23)21-11-7-2-3-8-12-21)25-19(24)16-13-20-22(14-16)17-9-5-4-6-10-17/h4-6,9-10,13-15H,2-3,7-8,11-12H2,1H3. The molecular weight excluding hydrogens is 318 g/mol. The molecule has 0 spiro atoms. The quantitative estimate of drug-likeness (QED) is 0.802. The minimum atomic E-state index is -0.786. The Labute approximate surface area is 147 Å². The predicted molar refractivity (Wildman–Crippen MR) is 93.5 cm³/mol.